The summed E-state index contributed by atoms with van der Waals surface area (Å²) in [5, 5.41) is 2.41. The molecule has 0 radical (unpaired) electrons. The lowest BCUT2D eigenvalue weighted by molar-refractivity contribution is -0.137. The van der Waals surface area contributed by atoms with E-state index in [1.807, 2.05) is 6.92 Å². The van der Waals surface area contributed by atoms with Crippen molar-refractivity contribution in [2.24, 2.45) is 5.92 Å². The zero-order valence-corrected chi connectivity index (χ0v) is 9.92. The largest absolute Gasteiger partial charge is 0.296 e. The fourth-order valence-corrected chi connectivity index (χ4v) is 2.94. The number of hydrogen-bond acceptors (Lipinski definition) is 4. The summed E-state index contributed by atoms with van der Waals surface area (Å²) < 4.78 is 0. The van der Waals surface area contributed by atoms with E-state index in [9.17, 15) is 9.59 Å². The molecular weight excluding hydrogens is 224 g/mol. The van der Waals surface area contributed by atoms with E-state index in [-0.39, 0.29) is 23.7 Å². The SMILES string of the molecule is CCCC1C(=O)NC(=O)CC1c1cncs1. The molecule has 2 rings (SSSR count). The second-order valence-electron chi connectivity index (χ2n) is 4.02. The molecule has 0 saturated carbocycles. The van der Waals surface area contributed by atoms with Crippen molar-refractivity contribution in [2.75, 3.05) is 0 Å². The molecule has 0 bridgehead atoms. The highest BCUT2D eigenvalue weighted by atomic mass is 32.1. The molecular formula is C11H14N2O2S. The topological polar surface area (TPSA) is 59.1 Å². The van der Waals surface area contributed by atoms with E-state index in [0.717, 1.165) is 17.7 Å². The van der Waals surface area contributed by atoms with Gasteiger partial charge in [0.2, 0.25) is 11.8 Å². The predicted octanol–water partition coefficient (Wildman–Crippen LogP) is 1.69. The van der Waals surface area contributed by atoms with Gasteiger partial charge in [-0.05, 0) is 6.42 Å². The third-order valence-corrected chi connectivity index (χ3v) is 3.81. The number of amides is 2. The lowest BCUT2D eigenvalue weighted by Crippen LogP contribution is -2.44. The fourth-order valence-electron chi connectivity index (χ4n) is 2.16. The molecule has 1 aliphatic heterocycles. The van der Waals surface area contributed by atoms with Crippen molar-refractivity contribution < 1.29 is 9.59 Å². The van der Waals surface area contributed by atoms with Crippen molar-refractivity contribution in [3.8, 4) is 0 Å². The number of piperidine rings is 1. The molecule has 1 aliphatic rings. The van der Waals surface area contributed by atoms with Gasteiger partial charge in [-0.25, -0.2) is 0 Å². The Morgan fingerprint density at radius 3 is 3.00 bits per heavy atom. The van der Waals surface area contributed by atoms with E-state index in [1.165, 1.54) is 11.3 Å². The lowest BCUT2D eigenvalue weighted by Gasteiger charge is -2.28. The lowest BCUT2D eigenvalue weighted by atomic mass is 9.82. The summed E-state index contributed by atoms with van der Waals surface area (Å²) in [5.41, 5.74) is 1.75. The van der Waals surface area contributed by atoms with E-state index in [0.29, 0.717) is 6.42 Å². The Morgan fingerprint density at radius 1 is 1.56 bits per heavy atom. The van der Waals surface area contributed by atoms with Gasteiger partial charge in [0.05, 0.1) is 5.51 Å². The number of aromatic nitrogens is 1. The molecule has 1 N–H and O–H groups in total. The third-order valence-electron chi connectivity index (χ3n) is 2.91. The van der Waals surface area contributed by atoms with Gasteiger partial charge in [-0.3, -0.25) is 19.9 Å². The molecule has 86 valence electrons. The molecule has 5 heteroatoms. The first kappa shape index (κ1) is 11.3. The molecule has 16 heavy (non-hydrogen) atoms. The fraction of sp³-hybridized carbons (Fsp3) is 0.545. The Balaban J connectivity index is 2.24. The maximum Gasteiger partial charge on any atom is 0.230 e. The van der Waals surface area contributed by atoms with Crippen molar-refractivity contribution in [1.29, 1.82) is 0 Å². The highest BCUT2D eigenvalue weighted by Crippen LogP contribution is 2.35. The van der Waals surface area contributed by atoms with Gasteiger partial charge in [-0.15, -0.1) is 11.3 Å². The number of rotatable bonds is 3. The molecule has 1 aromatic heterocycles. The molecule has 1 aromatic rings. The molecule has 2 heterocycles. The predicted molar refractivity (Wildman–Crippen MR) is 61.0 cm³/mol. The number of thiazole rings is 1. The van der Waals surface area contributed by atoms with Crippen LogP contribution in [0.3, 0.4) is 0 Å². The summed E-state index contributed by atoms with van der Waals surface area (Å²) in [6.45, 7) is 2.05. The van der Waals surface area contributed by atoms with Crippen LogP contribution in [0.2, 0.25) is 0 Å². The highest BCUT2D eigenvalue weighted by Gasteiger charge is 2.36. The molecule has 0 aliphatic carbocycles. The maximum absolute atomic E-state index is 11.8. The van der Waals surface area contributed by atoms with E-state index in [2.05, 4.69) is 10.3 Å². The minimum atomic E-state index is -0.171. The van der Waals surface area contributed by atoms with Crippen molar-refractivity contribution in [2.45, 2.75) is 32.1 Å². The Labute approximate surface area is 98.1 Å². The maximum atomic E-state index is 11.8. The van der Waals surface area contributed by atoms with Gasteiger partial charge in [-0.1, -0.05) is 13.3 Å². The third kappa shape index (κ3) is 2.14. The standard InChI is InChI=1S/C11H14N2O2S/c1-2-3-7-8(9-5-12-6-16-9)4-10(14)13-11(7)15/h5-8H,2-4H2,1H3,(H,13,14,15). The molecule has 2 atom stereocenters. The van der Waals surface area contributed by atoms with Crippen LogP contribution in [0.4, 0.5) is 0 Å². The van der Waals surface area contributed by atoms with Crippen LogP contribution in [0.25, 0.3) is 0 Å². The Kier molecular flexibility index (Phi) is 3.33. The van der Waals surface area contributed by atoms with E-state index >= 15 is 0 Å². The van der Waals surface area contributed by atoms with Gasteiger partial charge in [0.15, 0.2) is 0 Å². The number of carbonyl (C=O) groups excluding carboxylic acids is 2. The number of nitrogens with zero attached hydrogens (tertiary/aromatic N) is 1. The molecule has 0 aromatic carbocycles. The van der Waals surface area contributed by atoms with Gasteiger partial charge in [0.25, 0.3) is 0 Å². The summed E-state index contributed by atoms with van der Waals surface area (Å²) in [5.74, 6) is -0.357. The second-order valence-corrected chi connectivity index (χ2v) is 4.94. The first-order valence-corrected chi connectivity index (χ1v) is 6.32. The minimum absolute atomic E-state index is 0.0219. The van der Waals surface area contributed by atoms with Crippen LogP contribution in [-0.4, -0.2) is 16.8 Å². The average Bonchev–Trinajstić information content (AvgIpc) is 2.75. The Bertz CT molecular complexity index is 389. The molecule has 1 fully saturated rings. The van der Waals surface area contributed by atoms with Crippen LogP contribution < -0.4 is 5.32 Å². The van der Waals surface area contributed by atoms with Crippen LogP contribution in [0.15, 0.2) is 11.7 Å². The summed E-state index contributed by atoms with van der Waals surface area (Å²) >= 11 is 1.52. The molecule has 2 unspecified atom stereocenters. The van der Waals surface area contributed by atoms with Gasteiger partial charge < -0.3 is 0 Å². The van der Waals surface area contributed by atoms with Gasteiger partial charge in [0, 0.05) is 29.3 Å². The number of hydrogen-bond donors (Lipinski definition) is 1. The smallest absolute Gasteiger partial charge is 0.230 e. The van der Waals surface area contributed by atoms with Gasteiger partial charge >= 0.3 is 0 Å². The van der Waals surface area contributed by atoms with Crippen molar-refractivity contribution in [3.63, 3.8) is 0 Å². The minimum Gasteiger partial charge on any atom is -0.296 e. The zero-order chi connectivity index (χ0) is 11.5. The normalized spacial score (nSPS) is 25.6. The van der Waals surface area contributed by atoms with Gasteiger partial charge in [-0.2, -0.15) is 0 Å². The Hall–Kier alpha value is -1.23. The number of nitrogens with one attached hydrogen (secondary N) is 1. The molecule has 4 nitrogen and oxygen atoms in total. The van der Waals surface area contributed by atoms with Gasteiger partial charge in [0.1, 0.15) is 0 Å². The van der Waals surface area contributed by atoms with E-state index < -0.39 is 0 Å². The number of imide groups is 1. The summed E-state index contributed by atoms with van der Waals surface area (Å²) in [6.07, 6.45) is 3.94. The first-order valence-electron chi connectivity index (χ1n) is 5.44. The number of carbonyl (C=O) groups is 2. The van der Waals surface area contributed by atoms with Crippen LogP contribution in [-0.2, 0) is 9.59 Å². The van der Waals surface area contributed by atoms with Crippen LogP contribution in [0, 0.1) is 5.92 Å². The van der Waals surface area contributed by atoms with E-state index in [1.54, 1.807) is 11.7 Å². The van der Waals surface area contributed by atoms with Crippen molar-refractivity contribution >= 4 is 23.2 Å². The van der Waals surface area contributed by atoms with Crippen LogP contribution in [0.1, 0.15) is 37.0 Å². The van der Waals surface area contributed by atoms with E-state index in [4.69, 9.17) is 0 Å². The zero-order valence-electron chi connectivity index (χ0n) is 9.10. The molecule has 0 spiro atoms. The highest BCUT2D eigenvalue weighted by molar-refractivity contribution is 7.09. The molecule has 2 amide bonds. The first-order chi connectivity index (χ1) is 7.72. The van der Waals surface area contributed by atoms with Crippen molar-refractivity contribution in [1.82, 2.24) is 10.3 Å². The quantitative estimate of drug-likeness (QED) is 0.815. The second kappa shape index (κ2) is 4.74. The average molecular weight is 238 g/mol. The van der Waals surface area contributed by atoms with Crippen LogP contribution >= 0.6 is 11.3 Å². The monoisotopic (exact) mass is 238 g/mol. The summed E-state index contributed by atoms with van der Waals surface area (Å²) in [6, 6.07) is 0. The summed E-state index contributed by atoms with van der Waals surface area (Å²) in [7, 11) is 0. The summed E-state index contributed by atoms with van der Waals surface area (Å²) in [4.78, 5) is 28.2. The van der Waals surface area contributed by atoms with Crippen LogP contribution in [0.5, 0.6) is 0 Å². The van der Waals surface area contributed by atoms with Crippen molar-refractivity contribution in [3.05, 3.63) is 16.6 Å². The molecule has 1 saturated heterocycles. The Morgan fingerprint density at radius 2 is 2.38 bits per heavy atom.